The summed E-state index contributed by atoms with van der Waals surface area (Å²) in [4.78, 5) is 17.6. The number of amides is 1. The Morgan fingerprint density at radius 1 is 0.868 bits per heavy atom. The van der Waals surface area contributed by atoms with Gasteiger partial charge in [-0.15, -0.1) is 0 Å². The number of fused-ring (bicyclic) bond motifs is 1. The molecule has 5 aromatic rings. The fraction of sp³-hybridized carbons (Fsp3) is 0.212. The normalized spacial score (nSPS) is 11.0. The largest absolute Gasteiger partial charge is 0.493 e. The highest BCUT2D eigenvalue weighted by Gasteiger charge is 2.12. The van der Waals surface area contributed by atoms with E-state index in [4.69, 9.17) is 9.72 Å². The molecule has 0 spiro atoms. The van der Waals surface area contributed by atoms with E-state index < -0.39 is 0 Å². The number of nitrogens with zero attached hydrogens (tertiary/aromatic N) is 2. The van der Waals surface area contributed by atoms with E-state index in [1.807, 2.05) is 54.6 Å². The van der Waals surface area contributed by atoms with Crippen LogP contribution in [0.2, 0.25) is 0 Å². The number of benzene rings is 4. The molecule has 5 heteroatoms. The minimum Gasteiger partial charge on any atom is -0.493 e. The molecule has 1 amide bonds. The van der Waals surface area contributed by atoms with Gasteiger partial charge in [0, 0.05) is 6.54 Å². The fourth-order valence-electron chi connectivity index (χ4n) is 4.75. The number of para-hydroxylation sites is 2. The molecule has 0 aliphatic heterocycles. The lowest BCUT2D eigenvalue weighted by atomic mass is 10.0. The van der Waals surface area contributed by atoms with Crippen molar-refractivity contribution in [1.29, 1.82) is 0 Å². The van der Waals surface area contributed by atoms with Crippen LogP contribution in [0.15, 0.2) is 97.1 Å². The zero-order chi connectivity index (χ0) is 26.3. The second kappa shape index (κ2) is 11.8. The molecular weight excluding hydrogens is 470 g/mol. The lowest BCUT2D eigenvalue weighted by Crippen LogP contribution is -2.26. The third-order valence-electron chi connectivity index (χ3n) is 6.72. The van der Waals surface area contributed by atoms with Gasteiger partial charge in [-0.3, -0.25) is 4.79 Å². The van der Waals surface area contributed by atoms with E-state index >= 15 is 0 Å². The SMILES string of the molecule is Cc1ccc(OCCCn2c(CNC(=O)Cc3ccc(-c4ccccc4)cc3)nc3ccccc32)c(C)c1. The van der Waals surface area contributed by atoms with E-state index in [0.29, 0.717) is 19.6 Å². The molecule has 1 heterocycles. The Labute approximate surface area is 224 Å². The zero-order valence-electron chi connectivity index (χ0n) is 22.0. The van der Waals surface area contributed by atoms with Crippen LogP contribution in [0.3, 0.4) is 0 Å². The van der Waals surface area contributed by atoms with Crippen LogP contribution in [0, 0.1) is 13.8 Å². The molecule has 0 aliphatic rings. The Morgan fingerprint density at radius 2 is 1.61 bits per heavy atom. The molecule has 0 fully saturated rings. The van der Waals surface area contributed by atoms with Crippen molar-refractivity contribution >= 4 is 16.9 Å². The summed E-state index contributed by atoms with van der Waals surface area (Å²) in [5, 5.41) is 3.07. The summed E-state index contributed by atoms with van der Waals surface area (Å²) in [5.41, 5.74) is 7.68. The predicted molar refractivity (Wildman–Crippen MR) is 153 cm³/mol. The first kappa shape index (κ1) is 25.3. The summed E-state index contributed by atoms with van der Waals surface area (Å²) in [6.45, 7) is 5.92. The highest BCUT2D eigenvalue weighted by molar-refractivity contribution is 5.79. The molecule has 1 N–H and O–H groups in total. The quantitative estimate of drug-likeness (QED) is 0.217. The third kappa shape index (κ3) is 6.12. The van der Waals surface area contributed by atoms with Crippen LogP contribution in [0.25, 0.3) is 22.2 Å². The smallest absolute Gasteiger partial charge is 0.224 e. The molecule has 0 unspecified atom stereocenters. The summed E-state index contributed by atoms with van der Waals surface area (Å²) < 4.78 is 8.23. The Balaban J connectivity index is 1.19. The van der Waals surface area contributed by atoms with Crippen LogP contribution in [0.5, 0.6) is 5.75 Å². The maximum atomic E-state index is 12.8. The minimum absolute atomic E-state index is 0.0192. The lowest BCUT2D eigenvalue weighted by molar-refractivity contribution is -0.120. The molecule has 0 atom stereocenters. The number of imidazole rings is 1. The van der Waals surface area contributed by atoms with Crippen LogP contribution in [-0.2, 0) is 24.3 Å². The Kier molecular flexibility index (Phi) is 7.84. The predicted octanol–water partition coefficient (Wildman–Crippen LogP) is 6.65. The molecule has 5 rings (SSSR count). The van der Waals surface area contributed by atoms with E-state index in [1.54, 1.807) is 0 Å². The van der Waals surface area contributed by atoms with Crippen LogP contribution in [0.1, 0.15) is 28.9 Å². The van der Waals surface area contributed by atoms with Crippen LogP contribution >= 0.6 is 0 Å². The molecule has 0 saturated carbocycles. The number of hydrogen-bond acceptors (Lipinski definition) is 3. The van der Waals surface area contributed by atoms with Gasteiger partial charge in [0.2, 0.25) is 5.91 Å². The number of carbonyl (C=O) groups is 1. The maximum absolute atomic E-state index is 12.8. The number of aromatic nitrogens is 2. The maximum Gasteiger partial charge on any atom is 0.224 e. The van der Waals surface area contributed by atoms with Crippen LogP contribution in [0.4, 0.5) is 0 Å². The van der Waals surface area contributed by atoms with Gasteiger partial charge in [-0.05, 0) is 60.7 Å². The molecule has 192 valence electrons. The molecule has 0 radical (unpaired) electrons. The van der Waals surface area contributed by atoms with Crippen LogP contribution < -0.4 is 10.1 Å². The topological polar surface area (TPSA) is 56.1 Å². The van der Waals surface area contributed by atoms with Crippen molar-refractivity contribution in [3.05, 3.63) is 120 Å². The first-order valence-electron chi connectivity index (χ1n) is 13.1. The van der Waals surface area contributed by atoms with Gasteiger partial charge in [0.15, 0.2) is 0 Å². The van der Waals surface area contributed by atoms with Crippen molar-refractivity contribution in [2.24, 2.45) is 0 Å². The lowest BCUT2D eigenvalue weighted by Gasteiger charge is -2.12. The highest BCUT2D eigenvalue weighted by Crippen LogP contribution is 2.21. The van der Waals surface area contributed by atoms with Crippen molar-refractivity contribution in [3.8, 4) is 16.9 Å². The summed E-state index contributed by atoms with van der Waals surface area (Å²) in [6, 6.07) is 32.8. The Bertz CT molecular complexity index is 1520. The van der Waals surface area contributed by atoms with Gasteiger partial charge in [-0.2, -0.15) is 0 Å². The second-order valence-corrected chi connectivity index (χ2v) is 9.66. The summed E-state index contributed by atoms with van der Waals surface area (Å²) in [7, 11) is 0. The van der Waals surface area contributed by atoms with Gasteiger partial charge in [-0.1, -0.05) is 84.4 Å². The van der Waals surface area contributed by atoms with Gasteiger partial charge in [-0.25, -0.2) is 4.98 Å². The molecule has 5 nitrogen and oxygen atoms in total. The Hall–Kier alpha value is -4.38. The van der Waals surface area contributed by atoms with E-state index in [2.05, 4.69) is 66.2 Å². The van der Waals surface area contributed by atoms with Gasteiger partial charge in [0.25, 0.3) is 0 Å². The highest BCUT2D eigenvalue weighted by atomic mass is 16.5. The van der Waals surface area contributed by atoms with Gasteiger partial charge >= 0.3 is 0 Å². The van der Waals surface area contributed by atoms with E-state index in [-0.39, 0.29) is 5.91 Å². The number of aryl methyl sites for hydroxylation is 3. The number of rotatable bonds is 10. The summed E-state index contributed by atoms with van der Waals surface area (Å²) in [5.74, 6) is 1.76. The van der Waals surface area contributed by atoms with E-state index in [9.17, 15) is 4.79 Å². The molecule has 1 aromatic heterocycles. The van der Waals surface area contributed by atoms with Crippen molar-refractivity contribution in [2.75, 3.05) is 6.61 Å². The first-order chi connectivity index (χ1) is 18.6. The molecule has 0 bridgehead atoms. The van der Waals surface area contributed by atoms with Crippen molar-refractivity contribution in [1.82, 2.24) is 14.9 Å². The van der Waals surface area contributed by atoms with Gasteiger partial charge < -0.3 is 14.6 Å². The summed E-state index contributed by atoms with van der Waals surface area (Å²) >= 11 is 0. The average Bonchev–Trinajstić information content (AvgIpc) is 3.29. The van der Waals surface area contributed by atoms with Gasteiger partial charge in [0.05, 0.1) is 30.6 Å². The minimum atomic E-state index is -0.0192. The number of hydrogen-bond donors (Lipinski definition) is 1. The first-order valence-corrected chi connectivity index (χ1v) is 13.1. The molecule has 38 heavy (non-hydrogen) atoms. The molecular formula is C33H33N3O2. The standard InChI is InChI=1S/C33H33N3O2/c1-24-13-18-31(25(2)21-24)38-20-8-19-36-30-12-7-6-11-29(30)35-32(36)23-34-33(37)22-26-14-16-28(17-15-26)27-9-4-3-5-10-27/h3-7,9-18,21H,8,19-20,22-23H2,1-2H3,(H,34,37). The number of nitrogens with one attached hydrogen (secondary N) is 1. The number of carbonyl (C=O) groups excluding carboxylic acids is 1. The van der Waals surface area contributed by atoms with Crippen molar-refractivity contribution < 1.29 is 9.53 Å². The van der Waals surface area contributed by atoms with Crippen LogP contribution in [-0.4, -0.2) is 22.1 Å². The monoisotopic (exact) mass is 503 g/mol. The summed E-state index contributed by atoms with van der Waals surface area (Å²) in [6.07, 6.45) is 1.17. The third-order valence-corrected chi connectivity index (χ3v) is 6.72. The Morgan fingerprint density at radius 3 is 2.39 bits per heavy atom. The van der Waals surface area contributed by atoms with E-state index in [0.717, 1.165) is 52.3 Å². The van der Waals surface area contributed by atoms with E-state index in [1.165, 1.54) is 11.1 Å². The average molecular weight is 504 g/mol. The molecule has 0 saturated heterocycles. The fourth-order valence-corrected chi connectivity index (χ4v) is 4.75. The van der Waals surface area contributed by atoms with Gasteiger partial charge in [0.1, 0.15) is 11.6 Å². The second-order valence-electron chi connectivity index (χ2n) is 9.66. The molecule has 0 aliphatic carbocycles. The van der Waals surface area contributed by atoms with Crippen molar-refractivity contribution in [2.45, 2.75) is 39.8 Å². The number of ether oxygens (including phenoxy) is 1. The van der Waals surface area contributed by atoms with Crippen molar-refractivity contribution in [3.63, 3.8) is 0 Å². The molecule has 4 aromatic carbocycles. The zero-order valence-corrected chi connectivity index (χ0v) is 22.0.